The Bertz CT molecular complexity index is 334. The molecule has 2 unspecified atom stereocenters. The minimum Gasteiger partial charge on any atom is -0.770 e. The number of hydrazine groups is 4. The molecule has 0 aromatic heterocycles. The lowest BCUT2D eigenvalue weighted by Crippen LogP contribution is -2.34. The summed E-state index contributed by atoms with van der Waals surface area (Å²) in [5.74, 6) is -0.619. The summed E-state index contributed by atoms with van der Waals surface area (Å²) in [7, 11) is 0. The van der Waals surface area contributed by atoms with Gasteiger partial charge in [0.25, 0.3) is 11.8 Å². The number of carbonyl (C=O) groups excluding carboxylic acids is 2. The first kappa shape index (κ1) is 15.1. The van der Waals surface area contributed by atoms with Gasteiger partial charge in [-0.1, -0.05) is 25.7 Å². The van der Waals surface area contributed by atoms with Gasteiger partial charge < -0.3 is 10.4 Å². The number of hydroxylamine groups is 2. The Hall–Kier alpha value is -1.30. The Morgan fingerprint density at radius 2 is 1.20 bits per heavy atom. The van der Waals surface area contributed by atoms with Crippen LogP contribution in [0.25, 0.3) is 0 Å². The molecule has 0 aliphatic carbocycles. The van der Waals surface area contributed by atoms with Gasteiger partial charge >= 0.3 is 0 Å². The average Bonchev–Trinajstić information content (AvgIpc) is 2.90. The van der Waals surface area contributed by atoms with Crippen molar-refractivity contribution in [2.75, 3.05) is 0 Å². The second kappa shape index (κ2) is 6.92. The minimum atomic E-state index is -0.669. The lowest BCUT2D eigenvalue weighted by atomic mass is 10.0. The SMILES string of the molecule is O=C1NNN([O-])C1CCCCCCC1C(=O)NNN1[O-]. The van der Waals surface area contributed by atoms with E-state index in [2.05, 4.69) is 21.9 Å². The summed E-state index contributed by atoms with van der Waals surface area (Å²) in [6.45, 7) is 0. The smallest absolute Gasteiger partial charge is 0.252 e. The molecule has 0 aromatic carbocycles. The molecule has 2 rings (SSSR count). The lowest BCUT2D eigenvalue weighted by molar-refractivity contribution is -0.122. The minimum absolute atomic E-state index is 0.310. The van der Waals surface area contributed by atoms with Crippen molar-refractivity contribution in [2.45, 2.75) is 50.6 Å². The molecule has 0 radical (unpaired) electrons. The maximum atomic E-state index is 11.2. The molecule has 2 fully saturated rings. The Morgan fingerprint density at radius 3 is 1.50 bits per heavy atom. The van der Waals surface area contributed by atoms with Crippen molar-refractivity contribution in [3.05, 3.63) is 10.4 Å². The molecule has 4 N–H and O–H groups in total. The van der Waals surface area contributed by atoms with Gasteiger partial charge in [0.05, 0.1) is 12.1 Å². The van der Waals surface area contributed by atoms with Crippen LogP contribution in [0.1, 0.15) is 38.5 Å². The average molecular weight is 286 g/mol. The number of hydrogen-bond donors (Lipinski definition) is 4. The van der Waals surface area contributed by atoms with Gasteiger partial charge in [-0.2, -0.15) is 11.1 Å². The van der Waals surface area contributed by atoms with Crippen LogP contribution < -0.4 is 21.9 Å². The largest absolute Gasteiger partial charge is 0.770 e. The van der Waals surface area contributed by atoms with Crippen molar-refractivity contribution < 1.29 is 9.59 Å². The Labute approximate surface area is 115 Å². The monoisotopic (exact) mass is 286 g/mol. The second-order valence-electron chi connectivity index (χ2n) is 4.88. The van der Waals surface area contributed by atoms with Crippen molar-refractivity contribution in [2.24, 2.45) is 0 Å². The molecule has 2 atom stereocenters. The van der Waals surface area contributed by atoms with Crippen LogP contribution in [0.5, 0.6) is 0 Å². The van der Waals surface area contributed by atoms with E-state index in [1.54, 1.807) is 0 Å². The number of nitrogens with one attached hydrogen (secondary N) is 4. The van der Waals surface area contributed by atoms with Crippen molar-refractivity contribution in [3.63, 3.8) is 0 Å². The highest BCUT2D eigenvalue weighted by Gasteiger charge is 2.26. The maximum absolute atomic E-state index is 11.2. The Balaban J connectivity index is 1.54. The van der Waals surface area contributed by atoms with Gasteiger partial charge in [-0.05, 0) is 12.8 Å². The lowest BCUT2D eigenvalue weighted by Gasteiger charge is -2.26. The molecule has 2 amide bonds. The van der Waals surface area contributed by atoms with E-state index in [0.29, 0.717) is 23.2 Å². The van der Waals surface area contributed by atoms with Crippen molar-refractivity contribution in [3.8, 4) is 0 Å². The molecule has 114 valence electrons. The van der Waals surface area contributed by atoms with Gasteiger partial charge in [0.1, 0.15) is 0 Å². The third kappa shape index (κ3) is 3.62. The van der Waals surface area contributed by atoms with E-state index in [4.69, 9.17) is 0 Å². The van der Waals surface area contributed by atoms with Gasteiger partial charge in [-0.15, -0.1) is 0 Å². The summed E-state index contributed by atoms with van der Waals surface area (Å²) in [5.41, 5.74) is 8.91. The van der Waals surface area contributed by atoms with E-state index in [1.165, 1.54) is 0 Å². The summed E-state index contributed by atoms with van der Waals surface area (Å²) in [4.78, 5) is 22.5. The first-order chi connectivity index (χ1) is 9.59. The van der Waals surface area contributed by atoms with Crippen LogP contribution >= 0.6 is 0 Å². The number of unbranched alkanes of at least 4 members (excludes halogenated alkanes) is 3. The van der Waals surface area contributed by atoms with Gasteiger partial charge in [-0.25, -0.2) is 0 Å². The molecule has 0 aromatic rings. The molecular weight excluding hydrogens is 268 g/mol. The fraction of sp³-hybridized carbons (Fsp3) is 0.800. The zero-order valence-electron chi connectivity index (χ0n) is 10.9. The predicted octanol–water partition coefficient (Wildman–Crippen LogP) is -1.24. The van der Waals surface area contributed by atoms with Crippen LogP contribution in [0.2, 0.25) is 0 Å². The fourth-order valence-corrected chi connectivity index (χ4v) is 2.28. The molecule has 0 spiro atoms. The van der Waals surface area contributed by atoms with Crippen LogP contribution in [0, 0.1) is 10.4 Å². The first-order valence-electron chi connectivity index (χ1n) is 6.63. The highest BCUT2D eigenvalue weighted by molar-refractivity contribution is 5.83. The summed E-state index contributed by atoms with van der Waals surface area (Å²) in [6, 6.07) is -1.34. The summed E-state index contributed by atoms with van der Waals surface area (Å²) in [6.07, 6.45) is 4.16. The van der Waals surface area contributed by atoms with Crippen LogP contribution in [-0.2, 0) is 9.59 Å². The van der Waals surface area contributed by atoms with Gasteiger partial charge in [0.2, 0.25) is 0 Å². The zero-order valence-corrected chi connectivity index (χ0v) is 10.9. The van der Waals surface area contributed by atoms with E-state index in [1.807, 2.05) is 0 Å². The summed E-state index contributed by atoms with van der Waals surface area (Å²) >= 11 is 0. The summed E-state index contributed by atoms with van der Waals surface area (Å²) < 4.78 is 0. The van der Waals surface area contributed by atoms with Crippen molar-refractivity contribution in [1.82, 2.24) is 32.3 Å². The van der Waals surface area contributed by atoms with E-state index in [9.17, 15) is 20.0 Å². The maximum Gasteiger partial charge on any atom is 0.252 e. The van der Waals surface area contributed by atoms with Crippen LogP contribution in [-0.4, -0.2) is 34.2 Å². The molecule has 2 aliphatic heterocycles. The van der Waals surface area contributed by atoms with E-state index in [-0.39, 0.29) is 11.8 Å². The van der Waals surface area contributed by atoms with E-state index < -0.39 is 12.1 Å². The number of rotatable bonds is 7. The van der Waals surface area contributed by atoms with Gasteiger partial charge in [-0.3, -0.25) is 30.8 Å². The standard InChI is InChI=1S/C10H18N6O4/c17-9-7(15(19)13-11-9)5-3-1-2-4-6-8-10(18)12-14-16(8)20/h7-8,13-14H,1-6H2,(H,11,17)(H,12,18)/q-2. The number of amides is 2. The number of nitrogens with zero attached hydrogens (tertiary/aromatic N) is 2. The molecule has 0 bridgehead atoms. The second-order valence-corrected chi connectivity index (χ2v) is 4.88. The normalized spacial score (nSPS) is 27.9. The van der Waals surface area contributed by atoms with Gasteiger partial charge in [0.15, 0.2) is 0 Å². The number of carbonyl (C=O) groups is 2. The van der Waals surface area contributed by atoms with E-state index in [0.717, 1.165) is 25.7 Å². The molecule has 2 aliphatic rings. The molecular formula is C10H18N6O4-2. The van der Waals surface area contributed by atoms with E-state index >= 15 is 0 Å². The first-order valence-corrected chi connectivity index (χ1v) is 6.63. The molecule has 2 heterocycles. The fourth-order valence-electron chi connectivity index (χ4n) is 2.28. The zero-order chi connectivity index (χ0) is 14.5. The van der Waals surface area contributed by atoms with Crippen LogP contribution in [0.4, 0.5) is 0 Å². The van der Waals surface area contributed by atoms with Crippen molar-refractivity contribution >= 4 is 11.8 Å². The Morgan fingerprint density at radius 1 is 0.800 bits per heavy atom. The number of hydrogen-bond acceptors (Lipinski definition) is 8. The quantitative estimate of drug-likeness (QED) is 0.427. The van der Waals surface area contributed by atoms with Crippen LogP contribution in [0.15, 0.2) is 0 Å². The molecule has 0 saturated carbocycles. The van der Waals surface area contributed by atoms with Crippen LogP contribution in [0.3, 0.4) is 0 Å². The topological polar surface area (TPSA) is 135 Å². The Kier molecular flexibility index (Phi) is 5.23. The molecule has 20 heavy (non-hydrogen) atoms. The van der Waals surface area contributed by atoms with Gasteiger partial charge in [0, 0.05) is 0 Å². The highest BCUT2D eigenvalue weighted by atomic mass is 16.6. The molecule has 10 heteroatoms. The highest BCUT2D eigenvalue weighted by Crippen LogP contribution is 2.15. The third-order valence-corrected chi connectivity index (χ3v) is 3.46. The van der Waals surface area contributed by atoms with Crippen molar-refractivity contribution in [1.29, 1.82) is 0 Å². The molecule has 10 nitrogen and oxygen atoms in total. The molecule has 2 saturated heterocycles. The predicted molar refractivity (Wildman–Crippen MR) is 68.2 cm³/mol. The summed E-state index contributed by atoms with van der Waals surface area (Å²) in [5, 5.41) is 23.4. The third-order valence-electron chi connectivity index (χ3n) is 3.46.